The third-order valence-electron chi connectivity index (χ3n) is 3.70. The summed E-state index contributed by atoms with van der Waals surface area (Å²) >= 11 is 0. The van der Waals surface area contributed by atoms with Crippen LogP contribution in [0.25, 0.3) is 0 Å². The van der Waals surface area contributed by atoms with Crippen molar-refractivity contribution in [3.63, 3.8) is 0 Å². The molecule has 1 saturated carbocycles. The summed E-state index contributed by atoms with van der Waals surface area (Å²) in [5.41, 5.74) is 0. The first-order chi connectivity index (χ1) is 7.86. The molecule has 0 amide bonds. The number of allylic oxidation sites excluding steroid dienone is 3. The van der Waals surface area contributed by atoms with E-state index < -0.39 is 0 Å². The lowest BCUT2D eigenvalue weighted by molar-refractivity contribution is 0.416. The summed E-state index contributed by atoms with van der Waals surface area (Å²) in [7, 11) is 0. The highest BCUT2D eigenvalue weighted by atomic mass is 14.2. The van der Waals surface area contributed by atoms with Gasteiger partial charge in [-0.15, -0.1) is 6.58 Å². The van der Waals surface area contributed by atoms with Crippen molar-refractivity contribution in [1.29, 1.82) is 0 Å². The van der Waals surface area contributed by atoms with E-state index in [-0.39, 0.29) is 0 Å². The van der Waals surface area contributed by atoms with E-state index in [0.29, 0.717) is 0 Å². The predicted molar refractivity (Wildman–Crippen MR) is 73.5 cm³/mol. The predicted octanol–water partition coefficient (Wildman–Crippen LogP) is 5.51. The second-order valence-electron chi connectivity index (χ2n) is 5.21. The topological polar surface area (TPSA) is 0 Å². The molecule has 0 aromatic rings. The van der Waals surface area contributed by atoms with Crippen LogP contribution in [0.3, 0.4) is 0 Å². The molecular formula is C16H28. The molecule has 16 heavy (non-hydrogen) atoms. The molecule has 0 heterocycles. The van der Waals surface area contributed by atoms with E-state index in [1.165, 1.54) is 51.4 Å². The van der Waals surface area contributed by atoms with Gasteiger partial charge in [-0.25, -0.2) is 0 Å². The van der Waals surface area contributed by atoms with Gasteiger partial charge in [-0.05, 0) is 37.5 Å². The minimum Gasteiger partial charge on any atom is -0.103 e. The van der Waals surface area contributed by atoms with E-state index in [2.05, 4.69) is 31.7 Å². The minimum absolute atomic E-state index is 0.749. The van der Waals surface area contributed by atoms with Gasteiger partial charge in [-0.3, -0.25) is 0 Å². The van der Waals surface area contributed by atoms with Crippen molar-refractivity contribution in [1.82, 2.24) is 0 Å². The molecule has 1 atom stereocenters. The van der Waals surface area contributed by atoms with E-state index >= 15 is 0 Å². The number of rotatable bonds is 7. The standard InChI is InChI=1S/C16H28/c1-3-5-10-15(9-4-2)13-14-16-11-7-6-8-12-16/h4,13-16H,2-3,5-12H2,1H3/b14-13-. The highest BCUT2D eigenvalue weighted by Crippen LogP contribution is 2.26. The maximum absolute atomic E-state index is 3.87. The maximum Gasteiger partial charge on any atom is -0.0199 e. The molecule has 1 fully saturated rings. The molecule has 0 radical (unpaired) electrons. The fourth-order valence-electron chi connectivity index (χ4n) is 2.61. The van der Waals surface area contributed by atoms with Crippen LogP contribution in [0.4, 0.5) is 0 Å². The second kappa shape index (κ2) is 8.61. The van der Waals surface area contributed by atoms with Gasteiger partial charge >= 0.3 is 0 Å². The van der Waals surface area contributed by atoms with Crippen LogP contribution in [0.5, 0.6) is 0 Å². The van der Waals surface area contributed by atoms with Crippen molar-refractivity contribution in [2.45, 2.75) is 64.7 Å². The average Bonchev–Trinajstić information content (AvgIpc) is 2.34. The van der Waals surface area contributed by atoms with Crippen molar-refractivity contribution in [2.24, 2.45) is 11.8 Å². The van der Waals surface area contributed by atoms with Crippen LogP contribution in [-0.4, -0.2) is 0 Å². The highest BCUT2D eigenvalue weighted by Gasteiger charge is 2.10. The van der Waals surface area contributed by atoms with Gasteiger partial charge in [0.15, 0.2) is 0 Å². The Hall–Kier alpha value is -0.520. The van der Waals surface area contributed by atoms with E-state index in [4.69, 9.17) is 0 Å². The largest absolute Gasteiger partial charge is 0.103 e. The lowest BCUT2D eigenvalue weighted by Crippen LogP contribution is -2.04. The molecule has 0 heteroatoms. The molecule has 0 aromatic heterocycles. The molecule has 0 spiro atoms. The van der Waals surface area contributed by atoms with Gasteiger partial charge in [-0.2, -0.15) is 0 Å². The third kappa shape index (κ3) is 5.53. The molecule has 0 aromatic carbocycles. The molecule has 1 rings (SSSR count). The number of hydrogen-bond donors (Lipinski definition) is 0. The molecule has 1 aliphatic carbocycles. The Morgan fingerprint density at radius 2 is 2.00 bits per heavy atom. The van der Waals surface area contributed by atoms with Gasteiger partial charge in [0.25, 0.3) is 0 Å². The highest BCUT2D eigenvalue weighted by molar-refractivity contribution is 4.95. The molecule has 0 bridgehead atoms. The fraction of sp³-hybridized carbons (Fsp3) is 0.750. The van der Waals surface area contributed by atoms with Crippen molar-refractivity contribution >= 4 is 0 Å². The van der Waals surface area contributed by atoms with Crippen LogP contribution in [-0.2, 0) is 0 Å². The summed E-state index contributed by atoms with van der Waals surface area (Å²) in [6.45, 7) is 6.14. The molecule has 0 N–H and O–H groups in total. The van der Waals surface area contributed by atoms with Crippen LogP contribution >= 0.6 is 0 Å². The normalized spacial score (nSPS) is 20.1. The van der Waals surface area contributed by atoms with Gasteiger partial charge in [0.1, 0.15) is 0 Å². The Balaban J connectivity index is 2.32. The van der Waals surface area contributed by atoms with Crippen molar-refractivity contribution in [3.8, 4) is 0 Å². The fourth-order valence-corrected chi connectivity index (χ4v) is 2.61. The Labute approximate surface area is 102 Å². The zero-order valence-corrected chi connectivity index (χ0v) is 11.0. The molecule has 1 unspecified atom stereocenters. The van der Waals surface area contributed by atoms with Gasteiger partial charge in [-0.1, -0.05) is 57.3 Å². The lowest BCUT2D eigenvalue weighted by Gasteiger charge is -2.19. The monoisotopic (exact) mass is 220 g/mol. The zero-order valence-electron chi connectivity index (χ0n) is 11.0. The van der Waals surface area contributed by atoms with E-state index in [0.717, 1.165) is 18.3 Å². The first-order valence-corrected chi connectivity index (χ1v) is 7.16. The summed E-state index contributed by atoms with van der Waals surface area (Å²) in [6.07, 6.45) is 19.4. The second-order valence-corrected chi connectivity index (χ2v) is 5.21. The van der Waals surface area contributed by atoms with Gasteiger partial charge in [0, 0.05) is 0 Å². The SMILES string of the molecule is C=CCC(/C=C\C1CCCCC1)CCCC. The maximum atomic E-state index is 3.87. The molecule has 92 valence electrons. The molecule has 1 aliphatic rings. The molecule has 0 nitrogen and oxygen atoms in total. The smallest absolute Gasteiger partial charge is 0.0199 e. The summed E-state index contributed by atoms with van der Waals surface area (Å²) in [5.74, 6) is 1.63. The average molecular weight is 220 g/mol. The Bertz CT molecular complexity index is 196. The van der Waals surface area contributed by atoms with Crippen LogP contribution < -0.4 is 0 Å². The molecular weight excluding hydrogens is 192 g/mol. The minimum atomic E-state index is 0.749. The Kier molecular flexibility index (Phi) is 7.29. The van der Waals surface area contributed by atoms with Gasteiger partial charge in [0.05, 0.1) is 0 Å². The first-order valence-electron chi connectivity index (χ1n) is 7.16. The first kappa shape index (κ1) is 13.5. The molecule has 0 aliphatic heterocycles. The van der Waals surface area contributed by atoms with E-state index in [9.17, 15) is 0 Å². The van der Waals surface area contributed by atoms with Crippen molar-refractivity contribution < 1.29 is 0 Å². The van der Waals surface area contributed by atoms with Crippen LogP contribution in [0.1, 0.15) is 64.7 Å². The Morgan fingerprint density at radius 1 is 1.25 bits per heavy atom. The Morgan fingerprint density at radius 3 is 2.62 bits per heavy atom. The van der Waals surface area contributed by atoms with Crippen LogP contribution in [0.15, 0.2) is 24.8 Å². The van der Waals surface area contributed by atoms with Crippen molar-refractivity contribution in [2.75, 3.05) is 0 Å². The quantitative estimate of drug-likeness (QED) is 0.497. The summed E-state index contributed by atoms with van der Waals surface area (Å²) in [5, 5.41) is 0. The third-order valence-corrected chi connectivity index (χ3v) is 3.70. The van der Waals surface area contributed by atoms with E-state index in [1.807, 2.05) is 0 Å². The summed E-state index contributed by atoms with van der Waals surface area (Å²) < 4.78 is 0. The van der Waals surface area contributed by atoms with Gasteiger partial charge < -0.3 is 0 Å². The van der Waals surface area contributed by atoms with Gasteiger partial charge in [0.2, 0.25) is 0 Å². The van der Waals surface area contributed by atoms with Crippen LogP contribution in [0.2, 0.25) is 0 Å². The number of unbranched alkanes of at least 4 members (excludes halogenated alkanes) is 1. The van der Waals surface area contributed by atoms with Crippen molar-refractivity contribution in [3.05, 3.63) is 24.8 Å². The van der Waals surface area contributed by atoms with Crippen LogP contribution in [0, 0.1) is 11.8 Å². The summed E-state index contributed by atoms with van der Waals surface area (Å²) in [4.78, 5) is 0. The zero-order chi connectivity index (χ0) is 11.6. The molecule has 0 saturated heterocycles. The number of hydrogen-bond acceptors (Lipinski definition) is 0. The lowest BCUT2D eigenvalue weighted by atomic mass is 9.87. The van der Waals surface area contributed by atoms with E-state index in [1.54, 1.807) is 0 Å². The summed E-state index contributed by atoms with van der Waals surface area (Å²) in [6, 6.07) is 0.